The third kappa shape index (κ3) is 7.25. The molecule has 1 saturated heterocycles. The summed E-state index contributed by atoms with van der Waals surface area (Å²) in [6.45, 7) is 7.96. The van der Waals surface area contributed by atoms with Crippen LogP contribution in [-0.2, 0) is 12.8 Å². The molecule has 0 radical (unpaired) electrons. The van der Waals surface area contributed by atoms with Crippen molar-refractivity contribution in [1.82, 2.24) is 4.90 Å². The highest BCUT2D eigenvalue weighted by atomic mass is 35.5. The molecule has 1 aliphatic heterocycles. The van der Waals surface area contributed by atoms with E-state index in [-0.39, 0.29) is 34.5 Å². The fraction of sp³-hybridized carbons (Fsp3) is 0.475. The van der Waals surface area contributed by atoms with Crippen LogP contribution in [-0.4, -0.2) is 65.3 Å². The Labute approximate surface area is 288 Å². The lowest BCUT2D eigenvalue weighted by Gasteiger charge is -2.47. The molecule has 0 unspecified atom stereocenters. The lowest BCUT2D eigenvalue weighted by Crippen LogP contribution is -2.56. The van der Waals surface area contributed by atoms with E-state index in [1.54, 1.807) is 6.07 Å². The van der Waals surface area contributed by atoms with E-state index in [0.29, 0.717) is 37.8 Å². The van der Waals surface area contributed by atoms with Crippen LogP contribution in [0.3, 0.4) is 0 Å². The number of ketones is 1. The van der Waals surface area contributed by atoms with Crippen molar-refractivity contribution in [2.24, 2.45) is 5.41 Å². The Morgan fingerprint density at radius 1 is 1.00 bits per heavy atom. The van der Waals surface area contributed by atoms with E-state index >= 15 is 0 Å². The summed E-state index contributed by atoms with van der Waals surface area (Å²) in [7, 11) is 0. The van der Waals surface area contributed by atoms with Gasteiger partial charge in [0.15, 0.2) is 5.78 Å². The maximum atomic E-state index is 14.9. The first-order chi connectivity index (χ1) is 23.0. The maximum Gasteiger partial charge on any atom is 0.167 e. The van der Waals surface area contributed by atoms with E-state index in [2.05, 4.69) is 29.7 Å². The molecule has 0 aromatic heterocycles. The van der Waals surface area contributed by atoms with Crippen LogP contribution in [0.1, 0.15) is 85.3 Å². The van der Waals surface area contributed by atoms with Gasteiger partial charge in [0.05, 0.1) is 11.7 Å². The predicted octanol–water partition coefficient (Wildman–Crippen LogP) is 7.90. The third-order valence-electron chi connectivity index (χ3n) is 11.4. The molecule has 8 heteroatoms. The number of Topliss-reactive ketones (excluding diaryl/α,β-unsaturated/α-hetero) is 1. The van der Waals surface area contributed by atoms with Crippen LogP contribution in [0.4, 0.5) is 14.5 Å². The second kappa shape index (κ2) is 14.4. The average molecular weight is 677 g/mol. The molecule has 4 aliphatic rings. The molecule has 3 aliphatic carbocycles. The first-order valence-electron chi connectivity index (χ1n) is 17.3. The van der Waals surface area contributed by atoms with E-state index in [4.69, 9.17) is 11.6 Å². The summed E-state index contributed by atoms with van der Waals surface area (Å²) in [6.07, 6.45) is 6.18. The minimum atomic E-state index is -1.00. The van der Waals surface area contributed by atoms with Gasteiger partial charge in [0.1, 0.15) is 11.6 Å². The van der Waals surface area contributed by atoms with Gasteiger partial charge in [0.2, 0.25) is 0 Å². The molecule has 5 nitrogen and oxygen atoms in total. The SMILES string of the molecule is CC1=CCC[C@@]2(C)[C@@H](CC[C@@]2(O)CN2CCN(c3ccc(F)cc3)CC2)c2ccc(cc2C(=O)Cc2c(F)cccc2Cl)C[C@@H](O)CC1. The zero-order valence-corrected chi connectivity index (χ0v) is 28.8. The minimum absolute atomic E-state index is 0.103. The molecule has 2 N–H and O–H groups in total. The van der Waals surface area contributed by atoms with Crippen LogP contribution in [0, 0.1) is 17.0 Å². The second-order valence-corrected chi connectivity index (χ2v) is 14.9. The maximum absolute atomic E-state index is 14.9. The predicted molar refractivity (Wildman–Crippen MR) is 188 cm³/mol. The quantitative estimate of drug-likeness (QED) is 0.205. The Bertz CT molecular complexity index is 1630. The van der Waals surface area contributed by atoms with Crippen LogP contribution in [0.15, 0.2) is 72.3 Å². The van der Waals surface area contributed by atoms with Crippen LogP contribution >= 0.6 is 11.6 Å². The van der Waals surface area contributed by atoms with E-state index in [1.165, 1.54) is 29.8 Å². The van der Waals surface area contributed by atoms with Gasteiger partial charge in [-0.1, -0.05) is 48.4 Å². The summed E-state index contributed by atoms with van der Waals surface area (Å²) < 4.78 is 28.4. The van der Waals surface area contributed by atoms with E-state index in [9.17, 15) is 23.8 Å². The number of carbonyl (C=O) groups excluding carboxylic acids is 1. The van der Waals surface area contributed by atoms with Crippen LogP contribution in [0.5, 0.6) is 0 Å². The Hall–Kier alpha value is -3.10. The number of rotatable bonds is 6. The fourth-order valence-corrected chi connectivity index (χ4v) is 8.61. The van der Waals surface area contributed by atoms with Gasteiger partial charge in [-0.3, -0.25) is 9.69 Å². The largest absolute Gasteiger partial charge is 0.393 e. The Morgan fingerprint density at radius 2 is 1.75 bits per heavy atom. The number of halogens is 3. The number of nitrogens with zero attached hydrogens (tertiary/aromatic N) is 2. The van der Waals surface area contributed by atoms with Crippen molar-refractivity contribution in [3.8, 4) is 0 Å². The number of aliphatic hydroxyl groups excluding tert-OH is 1. The van der Waals surface area contributed by atoms with E-state index in [0.717, 1.165) is 62.3 Å². The van der Waals surface area contributed by atoms with Gasteiger partial charge in [-0.05, 0) is 111 Å². The molecule has 2 bridgehead atoms. The molecule has 1 heterocycles. The third-order valence-corrected chi connectivity index (χ3v) is 11.8. The molecule has 3 aromatic rings. The number of hydrogen-bond donors (Lipinski definition) is 2. The van der Waals surface area contributed by atoms with Crippen LogP contribution < -0.4 is 4.90 Å². The van der Waals surface area contributed by atoms with Gasteiger partial charge in [-0.25, -0.2) is 8.78 Å². The molecule has 4 atom stereocenters. The normalized spacial score (nSPS) is 27.0. The number of anilines is 1. The Morgan fingerprint density at radius 3 is 2.48 bits per heavy atom. The van der Waals surface area contributed by atoms with Crippen molar-refractivity contribution < 1.29 is 23.8 Å². The molecule has 256 valence electrons. The number of aliphatic hydroxyl groups is 2. The van der Waals surface area contributed by atoms with Gasteiger partial charge in [0.25, 0.3) is 0 Å². The summed E-state index contributed by atoms with van der Waals surface area (Å²) in [6, 6.07) is 17.0. The monoisotopic (exact) mass is 676 g/mol. The fourth-order valence-electron chi connectivity index (χ4n) is 8.38. The summed E-state index contributed by atoms with van der Waals surface area (Å²) in [5, 5.41) is 23.8. The van der Waals surface area contributed by atoms with Crippen molar-refractivity contribution in [2.45, 2.75) is 82.8 Å². The Balaban J connectivity index is 1.32. The number of hydrogen-bond acceptors (Lipinski definition) is 5. The molecule has 0 spiro atoms. The lowest BCUT2D eigenvalue weighted by molar-refractivity contribution is -0.0841. The van der Waals surface area contributed by atoms with Crippen molar-refractivity contribution in [2.75, 3.05) is 37.6 Å². The number of carbonyl (C=O) groups is 1. The van der Waals surface area contributed by atoms with Crippen molar-refractivity contribution in [1.29, 1.82) is 0 Å². The topological polar surface area (TPSA) is 64.0 Å². The van der Waals surface area contributed by atoms with Gasteiger partial charge < -0.3 is 15.1 Å². The van der Waals surface area contributed by atoms with Crippen molar-refractivity contribution in [3.63, 3.8) is 0 Å². The number of allylic oxidation sites excluding steroid dienone is 2. The van der Waals surface area contributed by atoms with Gasteiger partial charge in [0, 0.05) is 66.4 Å². The molecular formula is C40H47ClF2N2O3. The van der Waals surface area contributed by atoms with Crippen molar-refractivity contribution >= 4 is 23.1 Å². The summed E-state index contributed by atoms with van der Waals surface area (Å²) in [4.78, 5) is 18.7. The van der Waals surface area contributed by atoms with Crippen LogP contribution in [0.2, 0.25) is 5.02 Å². The van der Waals surface area contributed by atoms with E-state index in [1.807, 2.05) is 30.3 Å². The number of benzene rings is 3. The zero-order chi connectivity index (χ0) is 34.1. The zero-order valence-electron chi connectivity index (χ0n) is 28.0. The minimum Gasteiger partial charge on any atom is -0.393 e. The molecule has 2 fully saturated rings. The smallest absolute Gasteiger partial charge is 0.167 e. The second-order valence-electron chi connectivity index (χ2n) is 14.5. The van der Waals surface area contributed by atoms with Crippen molar-refractivity contribution in [3.05, 3.63) is 111 Å². The number of β-amino-alcohol motifs (C(OH)–C–C–N with tert-alkyl or cyclic N) is 1. The highest BCUT2D eigenvalue weighted by Gasteiger charge is 2.57. The molecule has 0 amide bonds. The lowest BCUT2D eigenvalue weighted by atomic mass is 9.64. The number of fused-ring (bicyclic) bond motifs is 8. The Kier molecular flexibility index (Phi) is 10.4. The van der Waals surface area contributed by atoms with Gasteiger partial charge in [-0.2, -0.15) is 0 Å². The van der Waals surface area contributed by atoms with Gasteiger partial charge in [-0.15, -0.1) is 0 Å². The highest BCUT2D eigenvalue weighted by molar-refractivity contribution is 6.31. The van der Waals surface area contributed by atoms with Gasteiger partial charge >= 0.3 is 0 Å². The number of piperazine rings is 1. The first-order valence-corrected chi connectivity index (χ1v) is 17.7. The molecule has 7 rings (SSSR count). The molecule has 48 heavy (non-hydrogen) atoms. The average Bonchev–Trinajstić information content (AvgIpc) is 3.31. The summed E-state index contributed by atoms with van der Waals surface area (Å²) >= 11 is 6.36. The summed E-state index contributed by atoms with van der Waals surface area (Å²) in [5.74, 6) is -1.07. The highest BCUT2D eigenvalue weighted by Crippen LogP contribution is 2.59. The molecular weight excluding hydrogens is 630 g/mol. The standard InChI is InChI=1S/C40H47ClF2N2O3/c1-27-5-4-17-39(2)35(16-18-40(39,48)26-44-19-21-45(22-20-44)30-12-10-29(42)11-13-30)32-15-9-28(23-31(46)14-8-27)24-33(32)38(47)25-34-36(41)6-3-7-37(34)43/h3,5-7,9-13,15,24,31,35,46,48H,4,8,14,16-23,25-26H2,1-2H3/t31-,35-,39-,40+/m0/s1. The first kappa shape index (κ1) is 34.8. The summed E-state index contributed by atoms with van der Waals surface area (Å²) in [5.41, 5.74) is 3.13. The van der Waals surface area contributed by atoms with Crippen LogP contribution in [0.25, 0.3) is 0 Å². The molecule has 1 saturated carbocycles. The van der Waals surface area contributed by atoms with E-state index < -0.39 is 22.9 Å². The molecule has 3 aromatic carbocycles.